The molecule has 1 atom stereocenters. The van der Waals surface area contributed by atoms with Crippen LogP contribution < -0.4 is 5.32 Å². The lowest BCUT2D eigenvalue weighted by Gasteiger charge is -2.20. The minimum Gasteiger partial charge on any atom is -0.348 e. The summed E-state index contributed by atoms with van der Waals surface area (Å²) in [6.07, 6.45) is 1.89. The van der Waals surface area contributed by atoms with E-state index >= 15 is 0 Å². The van der Waals surface area contributed by atoms with Gasteiger partial charge in [-0.25, -0.2) is 4.68 Å². The van der Waals surface area contributed by atoms with Gasteiger partial charge in [0.25, 0.3) is 11.6 Å². The third-order valence-electron chi connectivity index (χ3n) is 6.29. The summed E-state index contributed by atoms with van der Waals surface area (Å²) in [5, 5.41) is 18.9. The molecule has 0 radical (unpaired) electrons. The van der Waals surface area contributed by atoms with E-state index in [4.69, 9.17) is 5.10 Å². The van der Waals surface area contributed by atoms with E-state index in [1.807, 2.05) is 39.0 Å². The second-order valence-electron chi connectivity index (χ2n) is 8.96. The molecule has 0 spiro atoms. The number of nitro groups is 1. The van der Waals surface area contributed by atoms with E-state index < -0.39 is 4.92 Å². The maximum absolute atomic E-state index is 13.4. The minimum absolute atomic E-state index is 0.0132. The third-order valence-corrected chi connectivity index (χ3v) is 6.29. The number of aryl methyl sites for hydroxylation is 2. The summed E-state index contributed by atoms with van der Waals surface area (Å²) in [6, 6.07) is 14.0. The third kappa shape index (κ3) is 6.54. The van der Waals surface area contributed by atoms with Crippen LogP contribution in [0.3, 0.4) is 0 Å². The van der Waals surface area contributed by atoms with Crippen LogP contribution in [0, 0.1) is 24.0 Å². The van der Waals surface area contributed by atoms with Crippen molar-refractivity contribution in [3.8, 4) is 16.9 Å². The molecule has 1 heterocycles. The quantitative estimate of drug-likeness (QED) is 0.299. The molecular formula is C27H35N5O3. The molecule has 0 saturated heterocycles. The van der Waals surface area contributed by atoms with Gasteiger partial charge in [-0.3, -0.25) is 14.9 Å². The van der Waals surface area contributed by atoms with Gasteiger partial charge in [0.15, 0.2) is 0 Å². The number of aromatic nitrogens is 2. The van der Waals surface area contributed by atoms with Crippen molar-refractivity contribution in [1.29, 1.82) is 0 Å². The van der Waals surface area contributed by atoms with Crippen LogP contribution in [0.25, 0.3) is 16.9 Å². The highest BCUT2D eigenvalue weighted by Gasteiger charge is 2.21. The molecule has 3 aromatic rings. The number of amides is 1. The molecule has 0 saturated carbocycles. The Morgan fingerprint density at radius 2 is 1.80 bits per heavy atom. The van der Waals surface area contributed by atoms with Gasteiger partial charge in [-0.05, 0) is 88.6 Å². The Hall–Kier alpha value is -3.52. The molecule has 8 nitrogen and oxygen atoms in total. The van der Waals surface area contributed by atoms with Gasteiger partial charge in [0.2, 0.25) is 0 Å². The molecule has 8 heteroatoms. The zero-order chi connectivity index (χ0) is 25.5. The Morgan fingerprint density at radius 1 is 1.11 bits per heavy atom. The molecule has 1 aromatic heterocycles. The van der Waals surface area contributed by atoms with Gasteiger partial charge in [0.1, 0.15) is 5.69 Å². The van der Waals surface area contributed by atoms with Gasteiger partial charge in [0.05, 0.1) is 16.3 Å². The van der Waals surface area contributed by atoms with Crippen LogP contribution in [-0.4, -0.2) is 51.2 Å². The fourth-order valence-electron chi connectivity index (χ4n) is 4.10. The van der Waals surface area contributed by atoms with Gasteiger partial charge in [-0.1, -0.05) is 26.0 Å². The average molecular weight is 478 g/mol. The smallest absolute Gasteiger partial charge is 0.270 e. The Morgan fingerprint density at radius 3 is 2.43 bits per heavy atom. The number of hydrogen-bond donors (Lipinski definition) is 1. The molecule has 0 fully saturated rings. The van der Waals surface area contributed by atoms with Gasteiger partial charge >= 0.3 is 0 Å². The maximum atomic E-state index is 13.4. The van der Waals surface area contributed by atoms with E-state index in [-0.39, 0.29) is 17.6 Å². The van der Waals surface area contributed by atoms with Crippen LogP contribution in [0.2, 0.25) is 0 Å². The van der Waals surface area contributed by atoms with Gasteiger partial charge < -0.3 is 10.2 Å². The first-order valence-electron chi connectivity index (χ1n) is 12.2. The first kappa shape index (κ1) is 26.1. The monoisotopic (exact) mass is 477 g/mol. The van der Waals surface area contributed by atoms with E-state index in [1.165, 1.54) is 12.1 Å². The van der Waals surface area contributed by atoms with Gasteiger partial charge in [-0.15, -0.1) is 0 Å². The number of benzene rings is 2. The maximum Gasteiger partial charge on any atom is 0.270 e. The lowest BCUT2D eigenvalue weighted by atomic mass is 10.1. The molecule has 2 aromatic carbocycles. The zero-order valence-corrected chi connectivity index (χ0v) is 21.2. The zero-order valence-electron chi connectivity index (χ0n) is 21.2. The van der Waals surface area contributed by atoms with E-state index in [9.17, 15) is 14.9 Å². The van der Waals surface area contributed by atoms with Crippen molar-refractivity contribution in [3.63, 3.8) is 0 Å². The molecule has 35 heavy (non-hydrogen) atoms. The Bertz CT molecular complexity index is 1170. The van der Waals surface area contributed by atoms with E-state index in [1.54, 1.807) is 22.9 Å². The summed E-state index contributed by atoms with van der Waals surface area (Å²) in [4.78, 5) is 26.3. The number of nitrogens with zero attached hydrogens (tertiary/aromatic N) is 4. The van der Waals surface area contributed by atoms with Crippen LogP contribution in [0.5, 0.6) is 0 Å². The summed E-state index contributed by atoms with van der Waals surface area (Å²) in [5.74, 6) is -0.193. The molecular weight excluding hydrogens is 442 g/mol. The number of nitrogens with one attached hydrogen (secondary N) is 1. The lowest BCUT2D eigenvalue weighted by molar-refractivity contribution is -0.384. The molecule has 3 rings (SSSR count). The summed E-state index contributed by atoms with van der Waals surface area (Å²) in [5.41, 5.74) is 4.63. The number of nitro benzene ring substituents is 1. The minimum atomic E-state index is -0.432. The highest BCUT2D eigenvalue weighted by molar-refractivity contribution is 5.94. The fourth-order valence-corrected chi connectivity index (χ4v) is 4.10. The molecule has 0 aliphatic carbocycles. The first-order chi connectivity index (χ1) is 16.7. The Labute approximate surface area is 207 Å². The second-order valence-corrected chi connectivity index (χ2v) is 8.96. The molecule has 1 amide bonds. The van der Waals surface area contributed by atoms with Crippen molar-refractivity contribution >= 4 is 11.6 Å². The molecule has 1 unspecified atom stereocenters. The average Bonchev–Trinajstić information content (AvgIpc) is 3.29. The van der Waals surface area contributed by atoms with Crippen LogP contribution in [-0.2, 0) is 0 Å². The van der Waals surface area contributed by atoms with E-state index in [0.717, 1.165) is 49.3 Å². The Kier molecular flexibility index (Phi) is 8.76. The Balaban J connectivity index is 1.89. The van der Waals surface area contributed by atoms with Crippen LogP contribution in [0.1, 0.15) is 55.2 Å². The number of carbonyl (C=O) groups excluding carboxylic acids is 1. The van der Waals surface area contributed by atoms with Gasteiger partial charge in [-0.2, -0.15) is 5.10 Å². The summed E-state index contributed by atoms with van der Waals surface area (Å²) in [6.45, 7) is 13.4. The van der Waals surface area contributed by atoms with Crippen molar-refractivity contribution in [3.05, 3.63) is 75.5 Å². The molecule has 186 valence electrons. The predicted molar refractivity (Wildman–Crippen MR) is 139 cm³/mol. The standard InChI is InChI=1S/C27H35N5O3/c1-6-30(7-2)16-8-9-21(5)28-27(33)26-18-24(22-12-14-23(15-13-22)32(34)35)29-31(26)25-17-19(3)10-11-20(25)4/h10-15,17-18,21H,6-9,16H2,1-5H3,(H,28,33). The SMILES string of the molecule is CCN(CC)CCCC(C)NC(=O)c1cc(-c2ccc([N+](=O)[O-])cc2)nn1-c1cc(C)ccc1C. The van der Waals surface area contributed by atoms with Crippen molar-refractivity contribution in [2.45, 2.75) is 53.5 Å². The van der Waals surface area contributed by atoms with E-state index in [0.29, 0.717) is 17.0 Å². The lowest BCUT2D eigenvalue weighted by Crippen LogP contribution is -2.34. The van der Waals surface area contributed by atoms with Crippen LogP contribution in [0.15, 0.2) is 48.5 Å². The number of hydrogen-bond acceptors (Lipinski definition) is 5. The van der Waals surface area contributed by atoms with Crippen molar-refractivity contribution in [2.24, 2.45) is 0 Å². The fraction of sp³-hybridized carbons (Fsp3) is 0.407. The van der Waals surface area contributed by atoms with Crippen molar-refractivity contribution in [2.75, 3.05) is 19.6 Å². The number of carbonyl (C=O) groups is 1. The van der Waals surface area contributed by atoms with Crippen molar-refractivity contribution in [1.82, 2.24) is 20.0 Å². The van der Waals surface area contributed by atoms with E-state index in [2.05, 4.69) is 24.1 Å². The number of rotatable bonds is 11. The first-order valence-corrected chi connectivity index (χ1v) is 12.2. The highest BCUT2D eigenvalue weighted by atomic mass is 16.6. The van der Waals surface area contributed by atoms with Crippen LogP contribution >= 0.6 is 0 Å². The summed E-state index contributed by atoms with van der Waals surface area (Å²) in [7, 11) is 0. The van der Waals surface area contributed by atoms with Crippen LogP contribution in [0.4, 0.5) is 5.69 Å². The molecule has 0 aliphatic heterocycles. The largest absolute Gasteiger partial charge is 0.348 e. The predicted octanol–water partition coefficient (Wildman–Crippen LogP) is 5.30. The van der Waals surface area contributed by atoms with Gasteiger partial charge in [0, 0.05) is 23.7 Å². The topological polar surface area (TPSA) is 93.3 Å². The highest BCUT2D eigenvalue weighted by Crippen LogP contribution is 2.26. The second kappa shape index (κ2) is 11.8. The summed E-state index contributed by atoms with van der Waals surface area (Å²) < 4.78 is 1.68. The van der Waals surface area contributed by atoms with Crippen molar-refractivity contribution < 1.29 is 9.72 Å². The molecule has 0 bridgehead atoms. The summed E-state index contributed by atoms with van der Waals surface area (Å²) >= 11 is 0. The normalized spacial score (nSPS) is 12.1. The number of non-ortho nitro benzene ring substituents is 1. The molecule has 1 N–H and O–H groups in total. The molecule has 0 aliphatic rings.